The van der Waals surface area contributed by atoms with Crippen LogP contribution in [0.15, 0.2) is 54.6 Å². The first-order valence-electron chi connectivity index (χ1n) is 7.11. The Morgan fingerprint density at radius 1 is 1.14 bits per heavy atom. The summed E-state index contributed by atoms with van der Waals surface area (Å²) >= 11 is 0. The van der Waals surface area contributed by atoms with Gasteiger partial charge in [0, 0.05) is 12.1 Å². The van der Waals surface area contributed by atoms with Crippen molar-refractivity contribution < 1.29 is 4.79 Å². The molecule has 0 aromatic heterocycles. The highest BCUT2D eigenvalue weighted by Crippen LogP contribution is 2.16. The van der Waals surface area contributed by atoms with Gasteiger partial charge in [-0.15, -0.1) is 0 Å². The number of hydrogen-bond acceptors (Lipinski definition) is 3. The van der Waals surface area contributed by atoms with Crippen LogP contribution < -0.4 is 5.32 Å². The van der Waals surface area contributed by atoms with E-state index in [4.69, 9.17) is 5.26 Å². The molecule has 0 radical (unpaired) electrons. The average Bonchev–Trinajstić information content (AvgIpc) is 2.55. The van der Waals surface area contributed by atoms with E-state index in [1.807, 2.05) is 38.4 Å². The first kappa shape index (κ1) is 15.7. The molecule has 1 amide bonds. The Labute approximate surface area is 131 Å². The van der Waals surface area contributed by atoms with Crippen molar-refractivity contribution in [1.82, 2.24) is 10.2 Å². The van der Waals surface area contributed by atoms with Gasteiger partial charge in [-0.05, 0) is 43.9 Å². The zero-order chi connectivity index (χ0) is 15.9. The van der Waals surface area contributed by atoms with Crippen LogP contribution >= 0.6 is 0 Å². The molecule has 0 aliphatic rings. The van der Waals surface area contributed by atoms with Crippen molar-refractivity contribution >= 4 is 5.91 Å². The average molecular weight is 293 g/mol. The molecule has 0 bridgehead atoms. The molecule has 4 heteroatoms. The van der Waals surface area contributed by atoms with Gasteiger partial charge in [-0.25, -0.2) is 0 Å². The molecule has 0 aliphatic heterocycles. The van der Waals surface area contributed by atoms with Gasteiger partial charge in [-0.2, -0.15) is 5.26 Å². The summed E-state index contributed by atoms with van der Waals surface area (Å²) in [5, 5.41) is 11.7. The zero-order valence-electron chi connectivity index (χ0n) is 12.8. The minimum absolute atomic E-state index is 0.114. The fourth-order valence-electron chi connectivity index (χ4n) is 2.26. The van der Waals surface area contributed by atoms with Gasteiger partial charge in [0.15, 0.2) is 0 Å². The van der Waals surface area contributed by atoms with Crippen LogP contribution in [0.3, 0.4) is 0 Å². The molecule has 22 heavy (non-hydrogen) atoms. The predicted octanol–water partition coefficient (Wildman–Crippen LogP) is 2.59. The van der Waals surface area contributed by atoms with Gasteiger partial charge in [0.2, 0.25) is 0 Å². The summed E-state index contributed by atoms with van der Waals surface area (Å²) in [6, 6.07) is 18.9. The first-order valence-corrected chi connectivity index (χ1v) is 7.11. The van der Waals surface area contributed by atoms with Crippen molar-refractivity contribution in [1.29, 1.82) is 5.26 Å². The number of carbonyl (C=O) groups excluding carboxylic acids is 1. The van der Waals surface area contributed by atoms with E-state index >= 15 is 0 Å². The lowest BCUT2D eigenvalue weighted by Gasteiger charge is -2.25. The maximum atomic E-state index is 12.2. The zero-order valence-corrected chi connectivity index (χ0v) is 12.8. The van der Waals surface area contributed by atoms with Crippen molar-refractivity contribution in [2.45, 2.75) is 6.04 Å². The molecule has 2 rings (SSSR count). The molecule has 0 saturated carbocycles. The molecule has 1 atom stereocenters. The lowest BCUT2D eigenvalue weighted by molar-refractivity contribution is 0.0942. The summed E-state index contributed by atoms with van der Waals surface area (Å²) in [4.78, 5) is 14.3. The number of nitrogens with one attached hydrogen (secondary N) is 1. The van der Waals surface area contributed by atoms with Gasteiger partial charge in [0.1, 0.15) is 0 Å². The minimum atomic E-state index is -0.132. The fourth-order valence-corrected chi connectivity index (χ4v) is 2.26. The third kappa shape index (κ3) is 3.94. The highest BCUT2D eigenvalue weighted by Gasteiger charge is 2.15. The molecule has 4 nitrogen and oxygen atoms in total. The Morgan fingerprint density at radius 2 is 1.77 bits per heavy atom. The summed E-state index contributed by atoms with van der Waals surface area (Å²) in [5.41, 5.74) is 2.27. The Balaban J connectivity index is 2.03. The number of benzene rings is 2. The number of nitriles is 1. The van der Waals surface area contributed by atoms with Gasteiger partial charge in [0.25, 0.3) is 5.91 Å². The second-order valence-electron chi connectivity index (χ2n) is 5.29. The van der Waals surface area contributed by atoms with Crippen molar-refractivity contribution in [2.75, 3.05) is 20.6 Å². The van der Waals surface area contributed by atoms with E-state index in [2.05, 4.69) is 22.3 Å². The standard InChI is InChI=1S/C18H19N3O/c1-21(2)17(15-6-4-3-5-7-15)13-20-18(22)16-10-8-14(12-19)9-11-16/h3-11,17H,13H2,1-2H3,(H,20,22). The van der Waals surface area contributed by atoms with E-state index in [0.29, 0.717) is 17.7 Å². The number of carbonyl (C=O) groups is 1. The Hall–Kier alpha value is -2.64. The summed E-state index contributed by atoms with van der Waals surface area (Å²) in [6.07, 6.45) is 0. The predicted molar refractivity (Wildman–Crippen MR) is 86.4 cm³/mol. The van der Waals surface area contributed by atoms with Crippen LogP contribution in [0, 0.1) is 11.3 Å². The summed E-state index contributed by atoms with van der Waals surface area (Å²) in [5.74, 6) is -0.132. The molecule has 0 aliphatic carbocycles. The summed E-state index contributed by atoms with van der Waals surface area (Å²) in [6.45, 7) is 0.524. The van der Waals surface area contributed by atoms with Crippen LogP contribution in [0.25, 0.3) is 0 Å². The Bertz CT molecular complexity index is 657. The Morgan fingerprint density at radius 3 is 2.32 bits per heavy atom. The number of hydrogen-bond donors (Lipinski definition) is 1. The quantitative estimate of drug-likeness (QED) is 0.922. The van der Waals surface area contributed by atoms with Gasteiger partial charge in [-0.1, -0.05) is 30.3 Å². The van der Waals surface area contributed by atoms with E-state index in [9.17, 15) is 4.79 Å². The summed E-state index contributed by atoms with van der Waals surface area (Å²) in [7, 11) is 3.98. The molecule has 1 N–H and O–H groups in total. The van der Waals surface area contributed by atoms with Crippen molar-refractivity contribution in [3.63, 3.8) is 0 Å². The maximum Gasteiger partial charge on any atom is 0.251 e. The highest BCUT2D eigenvalue weighted by molar-refractivity contribution is 5.94. The SMILES string of the molecule is CN(C)C(CNC(=O)c1ccc(C#N)cc1)c1ccccc1. The molecular weight excluding hydrogens is 274 g/mol. The van der Waals surface area contributed by atoms with Crippen LogP contribution in [0.1, 0.15) is 27.5 Å². The van der Waals surface area contributed by atoms with Crippen LogP contribution in [0.2, 0.25) is 0 Å². The minimum Gasteiger partial charge on any atom is -0.350 e. The Kier molecular flexibility index (Phi) is 5.29. The lowest BCUT2D eigenvalue weighted by atomic mass is 10.1. The number of amides is 1. The van der Waals surface area contributed by atoms with E-state index in [-0.39, 0.29) is 11.9 Å². The van der Waals surface area contributed by atoms with E-state index in [1.165, 1.54) is 0 Å². The van der Waals surface area contributed by atoms with Crippen LogP contribution in [-0.2, 0) is 0 Å². The molecular formula is C18H19N3O. The molecule has 2 aromatic carbocycles. The molecule has 1 unspecified atom stereocenters. The van der Waals surface area contributed by atoms with Gasteiger partial charge in [-0.3, -0.25) is 4.79 Å². The number of likely N-dealkylation sites (N-methyl/N-ethyl adjacent to an activating group) is 1. The second kappa shape index (κ2) is 7.39. The molecule has 2 aromatic rings. The van der Waals surface area contributed by atoms with E-state index < -0.39 is 0 Å². The molecule has 112 valence electrons. The van der Waals surface area contributed by atoms with E-state index in [0.717, 1.165) is 5.56 Å². The van der Waals surface area contributed by atoms with Crippen LogP contribution in [-0.4, -0.2) is 31.4 Å². The third-order valence-electron chi connectivity index (χ3n) is 3.54. The molecule has 0 fully saturated rings. The normalized spacial score (nSPS) is 11.7. The van der Waals surface area contributed by atoms with Crippen molar-refractivity contribution in [3.05, 3.63) is 71.3 Å². The van der Waals surface area contributed by atoms with Crippen LogP contribution in [0.5, 0.6) is 0 Å². The van der Waals surface area contributed by atoms with Gasteiger partial charge < -0.3 is 10.2 Å². The summed E-state index contributed by atoms with van der Waals surface area (Å²) < 4.78 is 0. The van der Waals surface area contributed by atoms with E-state index in [1.54, 1.807) is 24.3 Å². The fraction of sp³-hybridized carbons (Fsp3) is 0.222. The topological polar surface area (TPSA) is 56.1 Å². The monoisotopic (exact) mass is 293 g/mol. The first-order chi connectivity index (χ1) is 10.6. The largest absolute Gasteiger partial charge is 0.350 e. The lowest BCUT2D eigenvalue weighted by Crippen LogP contribution is -2.34. The molecule has 0 spiro atoms. The molecule has 0 saturated heterocycles. The van der Waals surface area contributed by atoms with Crippen molar-refractivity contribution in [3.8, 4) is 6.07 Å². The number of rotatable bonds is 5. The van der Waals surface area contributed by atoms with Gasteiger partial charge >= 0.3 is 0 Å². The van der Waals surface area contributed by atoms with Gasteiger partial charge in [0.05, 0.1) is 17.7 Å². The smallest absolute Gasteiger partial charge is 0.251 e. The van der Waals surface area contributed by atoms with Crippen molar-refractivity contribution in [2.24, 2.45) is 0 Å². The second-order valence-corrected chi connectivity index (χ2v) is 5.29. The highest BCUT2D eigenvalue weighted by atomic mass is 16.1. The third-order valence-corrected chi connectivity index (χ3v) is 3.54. The molecule has 0 heterocycles. The van der Waals surface area contributed by atoms with Crippen LogP contribution in [0.4, 0.5) is 0 Å². The maximum absolute atomic E-state index is 12.2. The number of nitrogens with zero attached hydrogens (tertiary/aromatic N) is 2.